The van der Waals surface area contributed by atoms with Gasteiger partial charge in [-0.1, -0.05) is 30.3 Å². The topological polar surface area (TPSA) is 58.6 Å². The minimum Gasteiger partial charge on any atom is -0.317 e. The number of Topliss-reactive ketones (excluding diaryl/α,β-unsaturated/α-hetero) is 1. The number of hydrogen-bond donors (Lipinski definition) is 2. The van der Waals surface area contributed by atoms with Crippen LogP contribution in [0.4, 0.5) is 0 Å². The zero-order valence-corrected chi connectivity index (χ0v) is 11.8. The zero-order valence-electron chi connectivity index (χ0n) is 11.8. The number of hydrogen-bond acceptors (Lipinski definition) is 4. The Labute approximate surface area is 120 Å². The summed E-state index contributed by atoms with van der Waals surface area (Å²) in [6.07, 6.45) is 4.34. The molecule has 0 bridgehead atoms. The molecular weight excluding hydrogens is 254 g/mol. The summed E-state index contributed by atoms with van der Waals surface area (Å²) < 4.78 is 0. The van der Waals surface area contributed by atoms with Gasteiger partial charge in [0.1, 0.15) is 12.4 Å². The van der Waals surface area contributed by atoms with Gasteiger partial charge in [0.15, 0.2) is 0 Å². The smallest absolute Gasteiger partial charge is 0.133 e. The monoisotopic (exact) mass is 277 g/mol. The first-order valence-electron chi connectivity index (χ1n) is 7.32. The molecule has 0 unspecified atom stereocenters. The molecule has 110 valence electrons. The average molecular weight is 277 g/mol. The van der Waals surface area contributed by atoms with Crippen LogP contribution in [-0.2, 0) is 16.3 Å². The van der Waals surface area contributed by atoms with Gasteiger partial charge in [-0.15, -0.1) is 0 Å². The third-order valence-electron chi connectivity index (χ3n) is 4.10. The van der Waals surface area contributed by atoms with Gasteiger partial charge >= 0.3 is 0 Å². The first-order valence-corrected chi connectivity index (χ1v) is 7.32. The molecule has 0 amide bonds. The van der Waals surface area contributed by atoms with Crippen LogP contribution in [0, 0.1) is 11.8 Å². The van der Waals surface area contributed by atoms with Crippen LogP contribution in [0.1, 0.15) is 31.2 Å². The maximum atomic E-state index is 10.7. The fraction of sp³-hybridized carbons (Fsp3) is 0.562. The fourth-order valence-electron chi connectivity index (χ4n) is 2.82. The summed E-state index contributed by atoms with van der Waals surface area (Å²) in [6, 6.07) is 9.48. The zero-order chi connectivity index (χ0) is 14.2. The molecule has 1 saturated heterocycles. The largest absolute Gasteiger partial charge is 0.317 e. The highest BCUT2D eigenvalue weighted by Crippen LogP contribution is 2.35. The Bertz CT molecular complexity index is 393. The van der Waals surface area contributed by atoms with Crippen LogP contribution in [0.5, 0.6) is 0 Å². The van der Waals surface area contributed by atoms with Crippen molar-refractivity contribution in [3.63, 3.8) is 0 Å². The van der Waals surface area contributed by atoms with E-state index >= 15 is 0 Å². The third kappa shape index (κ3) is 4.71. The second-order valence-electron chi connectivity index (χ2n) is 5.55. The summed E-state index contributed by atoms with van der Waals surface area (Å²) in [7, 11) is 0. The molecule has 4 nitrogen and oxygen atoms in total. The fourth-order valence-corrected chi connectivity index (χ4v) is 2.82. The molecule has 1 aliphatic heterocycles. The van der Waals surface area contributed by atoms with E-state index in [9.17, 15) is 4.79 Å². The van der Waals surface area contributed by atoms with Gasteiger partial charge in [0, 0.05) is 12.8 Å². The molecular formula is C16H23NO3. The maximum Gasteiger partial charge on any atom is 0.133 e. The number of ketones is 1. The molecule has 3 rings (SSSR count). The normalized spacial score (nSPS) is 19.9. The molecule has 20 heavy (non-hydrogen) atoms. The van der Waals surface area contributed by atoms with Gasteiger partial charge in [-0.05, 0) is 43.3 Å². The van der Waals surface area contributed by atoms with Gasteiger partial charge in [0.25, 0.3) is 0 Å². The lowest BCUT2D eigenvalue weighted by atomic mass is 9.71. The summed E-state index contributed by atoms with van der Waals surface area (Å²) in [5.74, 6) is 2.09. The van der Waals surface area contributed by atoms with Crippen LogP contribution in [0.15, 0.2) is 30.3 Å². The molecule has 1 aliphatic carbocycles. The van der Waals surface area contributed by atoms with Crippen molar-refractivity contribution < 1.29 is 14.9 Å². The highest BCUT2D eigenvalue weighted by Gasteiger charge is 2.33. The second kappa shape index (κ2) is 8.15. The molecule has 1 aromatic carbocycles. The summed E-state index contributed by atoms with van der Waals surface area (Å²) in [6.45, 7) is 2.59. The first-order chi connectivity index (χ1) is 9.79. The molecule has 1 saturated carbocycles. The van der Waals surface area contributed by atoms with Crippen LogP contribution in [0.25, 0.3) is 0 Å². The predicted octanol–water partition coefficient (Wildman–Crippen LogP) is 2.64. The molecule has 1 heterocycles. The number of piperidine rings is 1. The minimum absolute atomic E-state index is 0.265. The average Bonchev–Trinajstić information content (AvgIpc) is 2.47. The lowest BCUT2D eigenvalue weighted by Gasteiger charge is -2.35. The summed E-state index contributed by atoms with van der Waals surface area (Å²) >= 11 is 0. The van der Waals surface area contributed by atoms with E-state index in [1.54, 1.807) is 0 Å². The Hall–Kier alpha value is -1.23. The Morgan fingerprint density at radius 2 is 1.75 bits per heavy atom. The van der Waals surface area contributed by atoms with E-state index in [4.69, 9.17) is 5.26 Å². The van der Waals surface area contributed by atoms with Crippen molar-refractivity contribution in [2.75, 3.05) is 13.1 Å². The Kier molecular flexibility index (Phi) is 6.18. The van der Waals surface area contributed by atoms with E-state index in [0.717, 1.165) is 43.3 Å². The molecule has 0 aromatic heterocycles. The Balaban J connectivity index is 0.000000151. The highest BCUT2D eigenvalue weighted by molar-refractivity contribution is 5.84. The highest BCUT2D eigenvalue weighted by atomic mass is 17.1. The van der Waals surface area contributed by atoms with Gasteiger partial charge in [-0.2, -0.15) is 0 Å². The van der Waals surface area contributed by atoms with Crippen molar-refractivity contribution in [3.05, 3.63) is 35.9 Å². The van der Waals surface area contributed by atoms with E-state index < -0.39 is 0 Å². The number of benzene rings is 1. The number of carbonyl (C=O) groups is 1. The standard InChI is InChI=1S/C9H15NO.C7H8O2/c11-9-5-8(6-9)7-1-3-10-4-2-7;8-9-6-7-4-2-1-3-5-7/h7-8,10H,1-6H2;1-5,8H,6H2. The quantitative estimate of drug-likeness (QED) is 0.658. The van der Waals surface area contributed by atoms with E-state index in [-0.39, 0.29) is 6.61 Å². The maximum absolute atomic E-state index is 10.7. The van der Waals surface area contributed by atoms with Gasteiger partial charge < -0.3 is 5.32 Å². The number of nitrogens with one attached hydrogen (secondary N) is 1. The molecule has 0 spiro atoms. The molecule has 2 N–H and O–H groups in total. The minimum atomic E-state index is 0.265. The summed E-state index contributed by atoms with van der Waals surface area (Å²) in [4.78, 5) is 14.7. The summed E-state index contributed by atoms with van der Waals surface area (Å²) in [5.41, 5.74) is 0.972. The molecule has 0 radical (unpaired) electrons. The molecule has 2 aliphatic rings. The molecule has 2 fully saturated rings. The Morgan fingerprint density at radius 1 is 1.10 bits per heavy atom. The van der Waals surface area contributed by atoms with Gasteiger partial charge in [-0.25, -0.2) is 4.89 Å². The molecule has 1 aromatic rings. The van der Waals surface area contributed by atoms with Crippen LogP contribution in [0.3, 0.4) is 0 Å². The lowest BCUT2D eigenvalue weighted by Crippen LogP contribution is -2.37. The molecule has 4 heteroatoms. The van der Waals surface area contributed by atoms with E-state index in [1.807, 2.05) is 30.3 Å². The van der Waals surface area contributed by atoms with E-state index in [2.05, 4.69) is 10.2 Å². The summed E-state index contributed by atoms with van der Waals surface area (Å²) in [5, 5.41) is 11.4. The van der Waals surface area contributed by atoms with Gasteiger partial charge in [0.05, 0.1) is 0 Å². The predicted molar refractivity (Wildman–Crippen MR) is 77.2 cm³/mol. The van der Waals surface area contributed by atoms with Crippen molar-refractivity contribution in [3.8, 4) is 0 Å². The van der Waals surface area contributed by atoms with Crippen molar-refractivity contribution in [1.29, 1.82) is 0 Å². The van der Waals surface area contributed by atoms with Gasteiger partial charge in [0.2, 0.25) is 0 Å². The van der Waals surface area contributed by atoms with E-state index in [0.29, 0.717) is 5.78 Å². The van der Waals surface area contributed by atoms with E-state index in [1.165, 1.54) is 12.8 Å². The van der Waals surface area contributed by atoms with Crippen LogP contribution in [0.2, 0.25) is 0 Å². The van der Waals surface area contributed by atoms with Crippen molar-refractivity contribution >= 4 is 5.78 Å². The number of carbonyl (C=O) groups excluding carboxylic acids is 1. The first kappa shape index (κ1) is 15.2. The third-order valence-corrected chi connectivity index (χ3v) is 4.10. The number of rotatable bonds is 3. The molecule has 0 atom stereocenters. The lowest BCUT2D eigenvalue weighted by molar-refractivity contribution is -0.253. The van der Waals surface area contributed by atoms with Gasteiger partial charge in [-0.3, -0.25) is 10.1 Å². The second-order valence-corrected chi connectivity index (χ2v) is 5.55. The van der Waals surface area contributed by atoms with Crippen LogP contribution < -0.4 is 5.32 Å². The SMILES string of the molecule is O=C1CC(C2CCNCC2)C1.OOCc1ccccc1. The van der Waals surface area contributed by atoms with Crippen LogP contribution in [-0.4, -0.2) is 24.1 Å². The van der Waals surface area contributed by atoms with Crippen LogP contribution >= 0.6 is 0 Å². The van der Waals surface area contributed by atoms with Crippen molar-refractivity contribution in [2.45, 2.75) is 32.3 Å². The Morgan fingerprint density at radius 3 is 2.30 bits per heavy atom. The van der Waals surface area contributed by atoms with Crippen molar-refractivity contribution in [1.82, 2.24) is 5.32 Å². The van der Waals surface area contributed by atoms with Crippen molar-refractivity contribution in [2.24, 2.45) is 11.8 Å².